The van der Waals surface area contributed by atoms with Gasteiger partial charge >= 0.3 is 0 Å². The molecule has 0 atom stereocenters. The highest BCUT2D eigenvalue weighted by molar-refractivity contribution is 5.73. The zero-order valence-corrected chi connectivity index (χ0v) is 10.2. The Morgan fingerprint density at radius 1 is 1.12 bits per heavy atom. The van der Waals surface area contributed by atoms with Gasteiger partial charge in [0.15, 0.2) is 0 Å². The molecule has 2 rings (SSSR count). The summed E-state index contributed by atoms with van der Waals surface area (Å²) in [7, 11) is 0. The Hall–Kier alpha value is -1.96. The van der Waals surface area contributed by atoms with E-state index in [9.17, 15) is 0 Å². The average molecular weight is 227 g/mol. The lowest BCUT2D eigenvalue weighted by atomic mass is 9.99. The minimum Gasteiger partial charge on any atom is -0.494 e. The lowest BCUT2D eigenvalue weighted by Crippen LogP contribution is -1.94. The van der Waals surface area contributed by atoms with Crippen molar-refractivity contribution in [1.29, 1.82) is 0 Å². The normalized spacial score (nSPS) is 10.2. The van der Waals surface area contributed by atoms with E-state index in [1.807, 2.05) is 44.2 Å². The van der Waals surface area contributed by atoms with Crippen LogP contribution in [0.25, 0.3) is 11.1 Å². The number of nitrogen functional groups attached to an aromatic ring is 1. The van der Waals surface area contributed by atoms with Gasteiger partial charge < -0.3 is 10.5 Å². The third-order valence-corrected chi connectivity index (χ3v) is 2.83. The number of rotatable bonds is 3. The predicted molar refractivity (Wildman–Crippen MR) is 72.2 cm³/mol. The first-order chi connectivity index (χ1) is 8.22. The number of hydrogen-bond donors (Lipinski definition) is 1. The van der Waals surface area contributed by atoms with E-state index < -0.39 is 0 Å². The highest BCUT2D eigenvalue weighted by Crippen LogP contribution is 2.29. The number of anilines is 1. The lowest BCUT2D eigenvalue weighted by molar-refractivity contribution is 0.340. The van der Waals surface area contributed by atoms with Crippen molar-refractivity contribution in [2.75, 3.05) is 12.3 Å². The lowest BCUT2D eigenvalue weighted by Gasteiger charge is -2.10. The zero-order valence-electron chi connectivity index (χ0n) is 10.2. The molecule has 0 radical (unpaired) electrons. The van der Waals surface area contributed by atoms with Crippen LogP contribution in [0.1, 0.15) is 12.5 Å². The summed E-state index contributed by atoms with van der Waals surface area (Å²) in [6, 6.07) is 14.1. The summed E-state index contributed by atoms with van der Waals surface area (Å²) in [5.41, 5.74) is 10.2. The van der Waals surface area contributed by atoms with Gasteiger partial charge in [-0.15, -0.1) is 0 Å². The molecule has 2 aromatic rings. The summed E-state index contributed by atoms with van der Waals surface area (Å²) in [5.74, 6) is 0.895. The molecular weight excluding hydrogens is 210 g/mol. The van der Waals surface area contributed by atoms with Gasteiger partial charge in [-0.25, -0.2) is 0 Å². The van der Waals surface area contributed by atoms with Crippen molar-refractivity contribution in [3.8, 4) is 16.9 Å². The monoisotopic (exact) mass is 227 g/mol. The van der Waals surface area contributed by atoms with Gasteiger partial charge in [-0.2, -0.15) is 0 Å². The van der Waals surface area contributed by atoms with Crippen LogP contribution >= 0.6 is 0 Å². The van der Waals surface area contributed by atoms with Gasteiger partial charge in [0.05, 0.1) is 6.61 Å². The van der Waals surface area contributed by atoms with Crippen molar-refractivity contribution in [3.63, 3.8) is 0 Å². The smallest absolute Gasteiger partial charge is 0.119 e. The van der Waals surface area contributed by atoms with Crippen molar-refractivity contribution in [3.05, 3.63) is 48.0 Å². The van der Waals surface area contributed by atoms with E-state index in [1.54, 1.807) is 0 Å². The highest BCUT2D eigenvalue weighted by Gasteiger charge is 2.04. The van der Waals surface area contributed by atoms with Gasteiger partial charge in [0.25, 0.3) is 0 Å². The fraction of sp³-hybridized carbons (Fsp3) is 0.200. The van der Waals surface area contributed by atoms with E-state index in [1.165, 1.54) is 0 Å². The van der Waals surface area contributed by atoms with E-state index in [0.29, 0.717) is 6.61 Å². The minimum absolute atomic E-state index is 0.680. The fourth-order valence-electron chi connectivity index (χ4n) is 1.89. The van der Waals surface area contributed by atoms with Gasteiger partial charge in [-0.1, -0.05) is 24.3 Å². The Morgan fingerprint density at radius 3 is 2.65 bits per heavy atom. The van der Waals surface area contributed by atoms with E-state index >= 15 is 0 Å². The Morgan fingerprint density at radius 2 is 1.88 bits per heavy atom. The molecule has 0 aliphatic carbocycles. The second-order valence-corrected chi connectivity index (χ2v) is 3.98. The second-order valence-electron chi connectivity index (χ2n) is 3.98. The first-order valence-electron chi connectivity index (χ1n) is 5.80. The van der Waals surface area contributed by atoms with Crippen molar-refractivity contribution in [2.45, 2.75) is 13.8 Å². The van der Waals surface area contributed by atoms with Crippen LogP contribution < -0.4 is 10.5 Å². The summed E-state index contributed by atoms with van der Waals surface area (Å²) in [6.45, 7) is 4.70. The van der Waals surface area contributed by atoms with Gasteiger partial charge in [-0.3, -0.25) is 0 Å². The van der Waals surface area contributed by atoms with Crippen molar-refractivity contribution < 1.29 is 4.74 Å². The van der Waals surface area contributed by atoms with E-state index in [4.69, 9.17) is 10.5 Å². The Balaban J connectivity index is 2.45. The minimum atomic E-state index is 0.680. The summed E-state index contributed by atoms with van der Waals surface area (Å²) in [6.07, 6.45) is 0. The van der Waals surface area contributed by atoms with Gasteiger partial charge in [0.1, 0.15) is 5.75 Å². The van der Waals surface area contributed by atoms with Crippen LogP contribution in [0.2, 0.25) is 0 Å². The number of hydrogen-bond acceptors (Lipinski definition) is 2. The number of benzene rings is 2. The van der Waals surface area contributed by atoms with Gasteiger partial charge in [0.2, 0.25) is 0 Å². The maximum absolute atomic E-state index is 5.92. The average Bonchev–Trinajstić information content (AvgIpc) is 2.33. The molecule has 2 nitrogen and oxygen atoms in total. The van der Waals surface area contributed by atoms with Crippen molar-refractivity contribution in [1.82, 2.24) is 0 Å². The largest absolute Gasteiger partial charge is 0.494 e. The van der Waals surface area contributed by atoms with Gasteiger partial charge in [0, 0.05) is 5.69 Å². The van der Waals surface area contributed by atoms with E-state index in [2.05, 4.69) is 12.1 Å². The molecule has 0 unspecified atom stereocenters. The van der Waals surface area contributed by atoms with Crippen LogP contribution in [0.4, 0.5) is 5.69 Å². The predicted octanol–water partition coefficient (Wildman–Crippen LogP) is 3.64. The quantitative estimate of drug-likeness (QED) is 0.812. The molecule has 0 bridgehead atoms. The molecule has 88 valence electrons. The molecular formula is C15H17NO. The van der Waals surface area contributed by atoms with E-state index in [0.717, 1.165) is 28.1 Å². The van der Waals surface area contributed by atoms with E-state index in [-0.39, 0.29) is 0 Å². The van der Waals surface area contributed by atoms with Crippen LogP contribution in [0, 0.1) is 6.92 Å². The summed E-state index contributed by atoms with van der Waals surface area (Å²) in [4.78, 5) is 0. The van der Waals surface area contributed by atoms with Crippen LogP contribution in [-0.2, 0) is 0 Å². The molecule has 2 heteroatoms. The maximum atomic E-state index is 5.92. The molecule has 17 heavy (non-hydrogen) atoms. The zero-order chi connectivity index (χ0) is 12.3. The molecule has 2 N–H and O–H groups in total. The van der Waals surface area contributed by atoms with Crippen LogP contribution in [0.5, 0.6) is 5.75 Å². The maximum Gasteiger partial charge on any atom is 0.119 e. The van der Waals surface area contributed by atoms with Crippen LogP contribution in [0.3, 0.4) is 0 Å². The Bertz CT molecular complexity index is 520. The van der Waals surface area contributed by atoms with Crippen LogP contribution in [0.15, 0.2) is 42.5 Å². The first-order valence-corrected chi connectivity index (χ1v) is 5.80. The molecule has 0 aliphatic rings. The third-order valence-electron chi connectivity index (χ3n) is 2.83. The molecule has 0 saturated carbocycles. The Labute approximate surface area is 102 Å². The van der Waals surface area contributed by atoms with Gasteiger partial charge in [-0.05, 0) is 48.7 Å². The molecule has 0 spiro atoms. The molecule has 2 aromatic carbocycles. The molecule has 0 aromatic heterocycles. The number of nitrogens with two attached hydrogens (primary N) is 1. The molecule has 0 saturated heterocycles. The molecule has 0 aliphatic heterocycles. The summed E-state index contributed by atoms with van der Waals surface area (Å²) in [5, 5.41) is 0. The first kappa shape index (κ1) is 11.5. The number of ether oxygens (including phenoxy) is 1. The molecule has 0 amide bonds. The highest BCUT2D eigenvalue weighted by atomic mass is 16.5. The summed E-state index contributed by atoms with van der Waals surface area (Å²) < 4.78 is 5.51. The van der Waals surface area contributed by atoms with Crippen LogP contribution in [-0.4, -0.2) is 6.61 Å². The van der Waals surface area contributed by atoms with Crippen molar-refractivity contribution in [2.24, 2.45) is 0 Å². The fourth-order valence-corrected chi connectivity index (χ4v) is 1.89. The Kier molecular flexibility index (Phi) is 3.33. The topological polar surface area (TPSA) is 35.2 Å². The molecule has 0 heterocycles. The SMILES string of the molecule is CCOc1cccc(-c2cccc(N)c2C)c1. The molecule has 0 fully saturated rings. The van der Waals surface area contributed by atoms with Crippen molar-refractivity contribution >= 4 is 5.69 Å². The summed E-state index contributed by atoms with van der Waals surface area (Å²) >= 11 is 0. The third kappa shape index (κ3) is 2.41. The standard InChI is InChI=1S/C15H17NO/c1-3-17-13-7-4-6-12(10-13)14-8-5-9-15(16)11(14)2/h4-10H,3,16H2,1-2H3. The second kappa shape index (κ2) is 4.91.